The summed E-state index contributed by atoms with van der Waals surface area (Å²) in [5.41, 5.74) is 0. The molecule has 0 amide bonds. The van der Waals surface area contributed by atoms with Crippen molar-refractivity contribution in [1.29, 1.82) is 0 Å². The van der Waals surface area contributed by atoms with E-state index in [1.165, 1.54) is 0 Å². The van der Waals surface area contributed by atoms with E-state index in [9.17, 15) is 0 Å². The van der Waals surface area contributed by atoms with Crippen LogP contribution in [0.3, 0.4) is 0 Å². The summed E-state index contributed by atoms with van der Waals surface area (Å²) >= 11 is -1.75. The molecule has 0 radical (unpaired) electrons. The summed E-state index contributed by atoms with van der Waals surface area (Å²) in [6, 6.07) is 0. The lowest BCUT2D eigenvalue weighted by Crippen LogP contribution is -2.27. The zero-order valence-corrected chi connectivity index (χ0v) is 8.79. The largest absolute Gasteiger partial charge is 0.905 e. The van der Waals surface area contributed by atoms with E-state index in [1.807, 2.05) is 13.8 Å². The molecule has 0 saturated carbocycles. The second-order valence-electron chi connectivity index (χ2n) is 2.07. The van der Waals surface area contributed by atoms with Gasteiger partial charge in [0.2, 0.25) is 0 Å². The van der Waals surface area contributed by atoms with Crippen LogP contribution in [0.1, 0.15) is 27.2 Å². The Kier molecular flexibility index (Phi) is 8.83. The van der Waals surface area contributed by atoms with E-state index in [0.717, 1.165) is 13.0 Å². The van der Waals surface area contributed by atoms with Crippen molar-refractivity contribution >= 4 is 15.1 Å². The van der Waals surface area contributed by atoms with E-state index in [-0.39, 0.29) is 0 Å². The van der Waals surface area contributed by atoms with Crippen LogP contribution in [0.15, 0.2) is 0 Å². The molecular formula is C7H17AlO3. The van der Waals surface area contributed by atoms with Crippen LogP contribution >= 0.6 is 0 Å². The summed E-state index contributed by atoms with van der Waals surface area (Å²) in [7, 11) is 0. The van der Waals surface area contributed by atoms with Gasteiger partial charge in [-0.25, -0.2) is 0 Å². The molecule has 4 heteroatoms. The highest BCUT2D eigenvalue weighted by Crippen LogP contribution is 1.93. The Balaban J connectivity index is 3.34. The van der Waals surface area contributed by atoms with Crippen LogP contribution in [0, 0.1) is 0 Å². The lowest BCUT2D eigenvalue weighted by atomic mass is 10.5. The van der Waals surface area contributed by atoms with Gasteiger partial charge in [0, 0.05) is 19.8 Å². The van der Waals surface area contributed by atoms with Crippen LogP contribution in [-0.2, 0) is 11.4 Å². The average Bonchev–Trinajstić information content (AvgIpc) is 2.01. The molecule has 0 aliphatic rings. The van der Waals surface area contributed by atoms with Crippen LogP contribution < -0.4 is 0 Å². The molecule has 0 aromatic heterocycles. The molecule has 66 valence electrons. The smallest absolute Gasteiger partial charge is 0.455 e. The molecule has 0 aromatic rings. The standard InChI is InChI=1S/C3H7O.2C2H5O.Al/c1-2-3-4;2*1-2-3;/h2-3H2,1H3;2*2H2,1H3;/q3*-1;+3. The van der Waals surface area contributed by atoms with Crippen molar-refractivity contribution in [3.05, 3.63) is 0 Å². The molecule has 0 rings (SSSR count). The van der Waals surface area contributed by atoms with Gasteiger partial charge in [-0.2, -0.15) is 0 Å². The van der Waals surface area contributed by atoms with Crippen molar-refractivity contribution in [2.24, 2.45) is 0 Å². The zero-order valence-electron chi connectivity index (χ0n) is 7.63. The summed E-state index contributed by atoms with van der Waals surface area (Å²) in [4.78, 5) is 0. The maximum absolute atomic E-state index is 5.37. The van der Waals surface area contributed by atoms with E-state index in [0.29, 0.717) is 13.2 Å². The van der Waals surface area contributed by atoms with Crippen molar-refractivity contribution in [2.75, 3.05) is 19.8 Å². The summed E-state index contributed by atoms with van der Waals surface area (Å²) in [5.74, 6) is 0. The Hall–Kier alpha value is 0.412. The lowest BCUT2D eigenvalue weighted by Gasteiger charge is -2.09. The zero-order chi connectivity index (χ0) is 8.53. The number of rotatable bonds is 7. The van der Waals surface area contributed by atoms with Gasteiger partial charge in [-0.1, -0.05) is 6.92 Å². The first kappa shape index (κ1) is 11.4. The Morgan fingerprint density at radius 2 is 1.45 bits per heavy atom. The van der Waals surface area contributed by atoms with Crippen LogP contribution in [-0.4, -0.2) is 35.0 Å². The van der Waals surface area contributed by atoms with E-state index in [1.54, 1.807) is 0 Å². The first-order valence-corrected chi connectivity index (χ1v) is 5.61. The minimum absolute atomic E-state index is 0.681. The SMILES string of the molecule is CCC[O][Al]([O]CC)[O]CC. The quantitative estimate of drug-likeness (QED) is 0.550. The molecular weight excluding hydrogens is 159 g/mol. The van der Waals surface area contributed by atoms with E-state index in [2.05, 4.69) is 6.92 Å². The van der Waals surface area contributed by atoms with Crippen LogP contribution in [0.2, 0.25) is 0 Å². The van der Waals surface area contributed by atoms with Crippen molar-refractivity contribution in [3.63, 3.8) is 0 Å². The summed E-state index contributed by atoms with van der Waals surface area (Å²) in [6.07, 6.45) is 1.02. The Morgan fingerprint density at radius 1 is 0.909 bits per heavy atom. The molecule has 0 spiro atoms. The molecule has 0 aliphatic heterocycles. The predicted octanol–water partition coefficient (Wildman–Crippen LogP) is 1.47. The Bertz CT molecular complexity index is 74.1. The number of hydrogen-bond acceptors (Lipinski definition) is 3. The van der Waals surface area contributed by atoms with Gasteiger partial charge >= 0.3 is 15.1 Å². The van der Waals surface area contributed by atoms with Crippen LogP contribution in [0.4, 0.5) is 0 Å². The van der Waals surface area contributed by atoms with Crippen molar-refractivity contribution < 1.29 is 11.4 Å². The fourth-order valence-corrected chi connectivity index (χ4v) is 1.89. The number of hydrogen-bond donors (Lipinski definition) is 0. The maximum atomic E-state index is 5.37. The Morgan fingerprint density at radius 3 is 1.82 bits per heavy atom. The van der Waals surface area contributed by atoms with Gasteiger partial charge < -0.3 is 11.4 Å². The highest BCUT2D eigenvalue weighted by molar-refractivity contribution is 6.36. The fraction of sp³-hybridized carbons (Fsp3) is 1.00. The normalized spacial score (nSPS) is 10.1. The van der Waals surface area contributed by atoms with Gasteiger partial charge in [-0.15, -0.1) is 0 Å². The van der Waals surface area contributed by atoms with Crippen molar-refractivity contribution in [1.82, 2.24) is 0 Å². The highest BCUT2D eigenvalue weighted by Gasteiger charge is 2.28. The summed E-state index contributed by atoms with van der Waals surface area (Å²) < 4.78 is 15.9. The second kappa shape index (κ2) is 8.51. The van der Waals surface area contributed by atoms with Crippen molar-refractivity contribution in [2.45, 2.75) is 27.2 Å². The molecule has 0 fully saturated rings. The molecule has 0 bridgehead atoms. The van der Waals surface area contributed by atoms with Crippen LogP contribution in [0.25, 0.3) is 0 Å². The van der Waals surface area contributed by atoms with E-state index in [4.69, 9.17) is 11.4 Å². The van der Waals surface area contributed by atoms with Crippen molar-refractivity contribution in [3.8, 4) is 0 Å². The van der Waals surface area contributed by atoms with Gasteiger partial charge in [0.1, 0.15) is 0 Å². The first-order valence-electron chi connectivity index (χ1n) is 4.19. The molecule has 0 atom stereocenters. The molecule has 0 aromatic carbocycles. The van der Waals surface area contributed by atoms with Gasteiger partial charge in [-0.05, 0) is 20.3 Å². The van der Waals surface area contributed by atoms with Gasteiger partial charge in [0.25, 0.3) is 0 Å². The molecule has 3 nitrogen and oxygen atoms in total. The first-order chi connectivity index (χ1) is 5.35. The topological polar surface area (TPSA) is 27.7 Å². The van der Waals surface area contributed by atoms with Gasteiger partial charge in [0.05, 0.1) is 0 Å². The molecule has 0 heterocycles. The maximum Gasteiger partial charge on any atom is 0.905 e. The van der Waals surface area contributed by atoms with E-state index < -0.39 is 15.1 Å². The third kappa shape index (κ3) is 6.80. The predicted molar refractivity (Wildman–Crippen MR) is 45.2 cm³/mol. The summed E-state index contributed by atoms with van der Waals surface area (Å²) in [5, 5.41) is 0. The molecule has 0 saturated heterocycles. The third-order valence-electron chi connectivity index (χ3n) is 1.06. The lowest BCUT2D eigenvalue weighted by molar-refractivity contribution is 0.102. The highest BCUT2D eigenvalue weighted by atomic mass is 27.3. The fourth-order valence-electron chi connectivity index (χ4n) is 0.631. The molecule has 0 unspecified atom stereocenters. The van der Waals surface area contributed by atoms with Crippen LogP contribution in [0.5, 0.6) is 0 Å². The summed E-state index contributed by atoms with van der Waals surface area (Å²) in [6.45, 7) is 8.09. The Labute approximate surface area is 74.0 Å². The average molecular weight is 176 g/mol. The van der Waals surface area contributed by atoms with Gasteiger partial charge in [-0.3, -0.25) is 0 Å². The van der Waals surface area contributed by atoms with Gasteiger partial charge in [0.15, 0.2) is 0 Å². The molecule has 0 N–H and O–H groups in total. The third-order valence-corrected chi connectivity index (χ3v) is 2.78. The minimum Gasteiger partial charge on any atom is -0.455 e. The minimum atomic E-state index is -1.75. The monoisotopic (exact) mass is 176 g/mol. The molecule has 11 heavy (non-hydrogen) atoms. The molecule has 0 aliphatic carbocycles. The second-order valence-corrected chi connectivity index (χ2v) is 3.65. The van der Waals surface area contributed by atoms with E-state index >= 15 is 0 Å².